The van der Waals surface area contributed by atoms with Crippen molar-refractivity contribution < 1.29 is 22.9 Å². The molecule has 1 saturated heterocycles. The van der Waals surface area contributed by atoms with Crippen molar-refractivity contribution in [2.24, 2.45) is 0 Å². The highest BCUT2D eigenvalue weighted by Gasteiger charge is 2.46. The van der Waals surface area contributed by atoms with Crippen LogP contribution in [-0.2, 0) is 14.9 Å². The predicted octanol–water partition coefficient (Wildman–Crippen LogP) is -0.271. The highest BCUT2D eigenvalue weighted by Crippen LogP contribution is 2.36. The van der Waals surface area contributed by atoms with Crippen LogP contribution < -0.4 is 5.32 Å². The molecule has 0 amide bonds. The van der Waals surface area contributed by atoms with Crippen LogP contribution in [0.15, 0.2) is 0 Å². The standard InChI is InChI=1S/C6H11NO5S2/c8-5(9)1-2-6(14(10,11)12)7-3-4-13-6/h7H,1-4H2,(H,8,9)(H,10,11,12). The molecule has 3 N–H and O–H groups in total. The molecule has 1 fully saturated rings. The van der Waals surface area contributed by atoms with Crippen LogP contribution in [0, 0.1) is 0 Å². The first kappa shape index (κ1) is 11.8. The summed E-state index contributed by atoms with van der Waals surface area (Å²) in [5.74, 6) is -0.540. The van der Waals surface area contributed by atoms with Crippen LogP contribution in [0.25, 0.3) is 0 Å². The highest BCUT2D eigenvalue weighted by molar-refractivity contribution is 8.13. The fourth-order valence-corrected chi connectivity index (χ4v) is 3.71. The molecule has 1 rings (SSSR count). The second-order valence-corrected chi connectivity index (χ2v) is 6.20. The Balaban J connectivity index is 2.78. The molecule has 0 radical (unpaired) electrons. The van der Waals surface area contributed by atoms with E-state index in [4.69, 9.17) is 9.66 Å². The summed E-state index contributed by atoms with van der Waals surface area (Å²) < 4.78 is 29.5. The number of thioether (sulfide) groups is 1. The SMILES string of the molecule is O=C(O)CCC1(S(=O)(=O)O)NCCS1. The van der Waals surface area contributed by atoms with Crippen molar-refractivity contribution in [2.45, 2.75) is 17.0 Å². The van der Waals surface area contributed by atoms with Gasteiger partial charge in [-0.1, -0.05) is 0 Å². The maximum atomic E-state index is 11.0. The van der Waals surface area contributed by atoms with Gasteiger partial charge in [0, 0.05) is 25.1 Å². The fraction of sp³-hybridized carbons (Fsp3) is 0.833. The van der Waals surface area contributed by atoms with Gasteiger partial charge in [0.2, 0.25) is 0 Å². The summed E-state index contributed by atoms with van der Waals surface area (Å²) >= 11 is 1.03. The molecule has 0 aliphatic carbocycles. The van der Waals surface area contributed by atoms with Crippen molar-refractivity contribution >= 4 is 27.8 Å². The third kappa shape index (κ3) is 2.38. The molecule has 0 aromatic rings. The van der Waals surface area contributed by atoms with Gasteiger partial charge in [0.15, 0.2) is 4.20 Å². The lowest BCUT2D eigenvalue weighted by molar-refractivity contribution is -0.137. The lowest BCUT2D eigenvalue weighted by atomic mass is 10.3. The van der Waals surface area contributed by atoms with Crippen LogP contribution in [0.2, 0.25) is 0 Å². The molecule has 82 valence electrons. The van der Waals surface area contributed by atoms with Gasteiger partial charge in [0.25, 0.3) is 10.1 Å². The van der Waals surface area contributed by atoms with Crippen molar-refractivity contribution in [3.8, 4) is 0 Å². The maximum absolute atomic E-state index is 11.0. The number of hydrogen-bond acceptors (Lipinski definition) is 5. The largest absolute Gasteiger partial charge is 0.481 e. The Kier molecular flexibility index (Phi) is 3.40. The van der Waals surface area contributed by atoms with E-state index in [0.717, 1.165) is 11.8 Å². The van der Waals surface area contributed by atoms with Gasteiger partial charge in [-0.25, -0.2) is 0 Å². The minimum atomic E-state index is -4.27. The van der Waals surface area contributed by atoms with E-state index in [-0.39, 0.29) is 12.8 Å². The van der Waals surface area contributed by atoms with Crippen LogP contribution in [0.1, 0.15) is 12.8 Å². The second-order valence-electron chi connectivity index (χ2n) is 2.90. The molecule has 14 heavy (non-hydrogen) atoms. The molecule has 1 aliphatic rings. The van der Waals surface area contributed by atoms with Crippen LogP contribution >= 0.6 is 11.8 Å². The first-order chi connectivity index (χ1) is 6.37. The first-order valence-electron chi connectivity index (χ1n) is 3.95. The lowest BCUT2D eigenvalue weighted by Gasteiger charge is -2.23. The Morgan fingerprint density at radius 3 is 2.57 bits per heavy atom. The van der Waals surface area contributed by atoms with Gasteiger partial charge in [-0.2, -0.15) is 8.42 Å². The maximum Gasteiger partial charge on any atom is 0.303 e. The quantitative estimate of drug-likeness (QED) is 0.582. The summed E-state index contributed by atoms with van der Waals surface area (Å²) in [5, 5.41) is 11.1. The summed E-state index contributed by atoms with van der Waals surface area (Å²) in [4.78, 5) is 10.3. The monoisotopic (exact) mass is 241 g/mol. The third-order valence-electron chi connectivity index (χ3n) is 1.92. The Morgan fingerprint density at radius 1 is 1.57 bits per heavy atom. The Hall–Kier alpha value is -0.310. The van der Waals surface area contributed by atoms with Crippen molar-refractivity contribution in [2.75, 3.05) is 12.3 Å². The van der Waals surface area contributed by atoms with Gasteiger partial charge >= 0.3 is 5.97 Å². The minimum absolute atomic E-state index is 0.133. The van der Waals surface area contributed by atoms with Gasteiger partial charge in [0.05, 0.1) is 0 Å². The molecule has 0 aromatic carbocycles. The zero-order chi connectivity index (χ0) is 10.8. The van der Waals surface area contributed by atoms with Crippen LogP contribution in [0.4, 0.5) is 0 Å². The molecule has 1 unspecified atom stereocenters. The molecule has 0 saturated carbocycles. The summed E-state index contributed by atoms with van der Waals surface area (Å²) in [7, 11) is -4.27. The van der Waals surface area contributed by atoms with E-state index in [1.165, 1.54) is 0 Å². The number of carbonyl (C=O) groups is 1. The molecule has 0 spiro atoms. The summed E-state index contributed by atoms with van der Waals surface area (Å²) in [6.45, 7) is 0.448. The number of carboxylic acids is 1. The smallest absolute Gasteiger partial charge is 0.303 e. The number of hydrogen-bond donors (Lipinski definition) is 3. The molecule has 1 aliphatic heterocycles. The van der Waals surface area contributed by atoms with E-state index in [0.29, 0.717) is 12.3 Å². The molecule has 1 heterocycles. The Morgan fingerprint density at radius 2 is 2.21 bits per heavy atom. The molecule has 6 nitrogen and oxygen atoms in total. The summed E-state index contributed by atoms with van der Waals surface area (Å²) in [5.41, 5.74) is 0. The van der Waals surface area contributed by atoms with E-state index in [2.05, 4.69) is 5.32 Å². The van der Waals surface area contributed by atoms with Crippen molar-refractivity contribution in [3.05, 3.63) is 0 Å². The third-order valence-corrected chi connectivity index (χ3v) is 5.31. The molecular weight excluding hydrogens is 230 g/mol. The molecule has 8 heteroatoms. The summed E-state index contributed by atoms with van der Waals surface area (Å²) in [6.07, 6.45) is -0.425. The highest BCUT2D eigenvalue weighted by atomic mass is 32.3. The second kappa shape index (κ2) is 4.05. The fourth-order valence-electron chi connectivity index (χ4n) is 1.24. The van der Waals surface area contributed by atoms with Gasteiger partial charge in [-0.15, -0.1) is 11.8 Å². The van der Waals surface area contributed by atoms with E-state index >= 15 is 0 Å². The Labute approximate surface area is 85.8 Å². The van der Waals surface area contributed by atoms with Crippen LogP contribution in [0.5, 0.6) is 0 Å². The van der Waals surface area contributed by atoms with E-state index in [1.807, 2.05) is 0 Å². The zero-order valence-corrected chi connectivity index (χ0v) is 8.90. The van der Waals surface area contributed by atoms with E-state index < -0.39 is 20.3 Å². The molecule has 0 bridgehead atoms. The van der Waals surface area contributed by atoms with Crippen molar-refractivity contribution in [3.63, 3.8) is 0 Å². The first-order valence-corrected chi connectivity index (χ1v) is 6.38. The van der Waals surface area contributed by atoms with Gasteiger partial charge < -0.3 is 5.11 Å². The molecule has 0 aromatic heterocycles. The molecule has 1 atom stereocenters. The minimum Gasteiger partial charge on any atom is -0.481 e. The van der Waals surface area contributed by atoms with E-state index in [1.54, 1.807) is 0 Å². The Bertz CT molecular complexity index is 319. The summed E-state index contributed by atoms with van der Waals surface area (Å²) in [6, 6.07) is 0. The van der Waals surface area contributed by atoms with Crippen LogP contribution in [-0.4, -0.2) is 40.5 Å². The lowest BCUT2D eigenvalue weighted by Crippen LogP contribution is -2.45. The normalized spacial score (nSPS) is 27.8. The van der Waals surface area contributed by atoms with Gasteiger partial charge in [-0.3, -0.25) is 14.7 Å². The van der Waals surface area contributed by atoms with Crippen LogP contribution in [0.3, 0.4) is 0 Å². The van der Waals surface area contributed by atoms with Gasteiger partial charge in [-0.05, 0) is 0 Å². The zero-order valence-electron chi connectivity index (χ0n) is 7.26. The van der Waals surface area contributed by atoms with Gasteiger partial charge in [0.1, 0.15) is 0 Å². The van der Waals surface area contributed by atoms with E-state index in [9.17, 15) is 13.2 Å². The topological polar surface area (TPSA) is 104 Å². The number of carboxylic acid groups (broad SMARTS) is 1. The molecular formula is C6H11NO5S2. The van der Waals surface area contributed by atoms with Crippen molar-refractivity contribution in [1.82, 2.24) is 5.32 Å². The average molecular weight is 241 g/mol. The van der Waals surface area contributed by atoms with Crippen molar-refractivity contribution in [1.29, 1.82) is 0 Å². The number of nitrogens with one attached hydrogen (secondary N) is 1. The predicted molar refractivity (Wildman–Crippen MR) is 51.6 cm³/mol. The average Bonchev–Trinajstić information content (AvgIpc) is 2.48. The number of rotatable bonds is 4. The number of aliphatic carboxylic acids is 1.